The molecular weight excluding hydrogens is 386 g/mol. The molecule has 162 valence electrons. The van der Waals surface area contributed by atoms with Crippen LogP contribution in [0.3, 0.4) is 0 Å². The van der Waals surface area contributed by atoms with Crippen LogP contribution in [0, 0.1) is 11.8 Å². The van der Waals surface area contributed by atoms with E-state index >= 15 is 0 Å². The van der Waals surface area contributed by atoms with Crippen molar-refractivity contribution in [1.29, 1.82) is 0 Å². The van der Waals surface area contributed by atoms with Gasteiger partial charge in [-0.15, -0.1) is 0 Å². The van der Waals surface area contributed by atoms with Crippen molar-refractivity contribution in [2.45, 2.75) is 63.5 Å². The molecule has 4 nitrogen and oxygen atoms in total. The van der Waals surface area contributed by atoms with Crippen molar-refractivity contribution in [2.24, 2.45) is 0 Å². The zero-order valence-corrected chi connectivity index (χ0v) is 18.9. The Morgan fingerprint density at radius 1 is 1.13 bits per heavy atom. The van der Waals surface area contributed by atoms with E-state index in [0.717, 1.165) is 35.1 Å². The summed E-state index contributed by atoms with van der Waals surface area (Å²) in [7, 11) is 3.59. The number of methoxy groups -OCH3 is 1. The summed E-state index contributed by atoms with van der Waals surface area (Å²) < 4.78 is 4.71. The molecule has 1 saturated carbocycles. The fraction of sp³-hybridized carbons (Fsp3) is 0.444. The number of phenolic OH excluding ortho intramolecular Hbond substituents is 1. The molecule has 31 heavy (non-hydrogen) atoms. The number of phenols is 1. The summed E-state index contributed by atoms with van der Waals surface area (Å²) in [6, 6.07) is 12.5. The number of nitrogens with zero attached hydrogens (tertiary/aromatic N) is 1. The van der Waals surface area contributed by atoms with Crippen LogP contribution in [0.15, 0.2) is 36.4 Å². The lowest BCUT2D eigenvalue weighted by molar-refractivity contribution is -0.139. The Kier molecular flexibility index (Phi) is 5.81. The van der Waals surface area contributed by atoms with Gasteiger partial charge in [-0.25, -0.2) is 0 Å². The lowest BCUT2D eigenvalue weighted by Crippen LogP contribution is -2.35. The van der Waals surface area contributed by atoms with E-state index in [1.54, 1.807) is 0 Å². The first kappa shape index (κ1) is 21.5. The SMILES string of the molecule is COC(=O)Cc1ccc(C#Cc2cc(O)c3c(c2)C(C)(C)CCC3N(C)C2CC2)cc1. The number of fused-ring (bicyclic) bond motifs is 1. The molecule has 0 spiro atoms. The van der Waals surface area contributed by atoms with Crippen LogP contribution >= 0.6 is 0 Å². The quantitative estimate of drug-likeness (QED) is 0.578. The first-order valence-corrected chi connectivity index (χ1v) is 11.1. The molecule has 0 aromatic heterocycles. The minimum absolute atomic E-state index is 0.0148. The molecule has 1 unspecified atom stereocenters. The van der Waals surface area contributed by atoms with E-state index < -0.39 is 0 Å². The van der Waals surface area contributed by atoms with Crippen molar-refractivity contribution < 1.29 is 14.6 Å². The van der Waals surface area contributed by atoms with Crippen LogP contribution in [0.4, 0.5) is 0 Å². The zero-order valence-electron chi connectivity index (χ0n) is 18.9. The predicted molar refractivity (Wildman–Crippen MR) is 122 cm³/mol. The number of aromatic hydroxyl groups is 1. The molecular formula is C27H31NO3. The molecule has 0 saturated heterocycles. The molecule has 2 aliphatic carbocycles. The largest absolute Gasteiger partial charge is 0.508 e. The second-order valence-electron chi connectivity index (χ2n) is 9.49. The van der Waals surface area contributed by atoms with E-state index in [-0.39, 0.29) is 23.8 Å². The lowest BCUT2D eigenvalue weighted by atomic mass is 9.70. The van der Waals surface area contributed by atoms with E-state index in [2.05, 4.69) is 43.7 Å². The third-order valence-electron chi connectivity index (χ3n) is 6.76. The third-order valence-corrected chi connectivity index (χ3v) is 6.76. The molecule has 0 aliphatic heterocycles. The molecule has 1 N–H and O–H groups in total. The minimum Gasteiger partial charge on any atom is -0.508 e. The van der Waals surface area contributed by atoms with Crippen LogP contribution < -0.4 is 0 Å². The van der Waals surface area contributed by atoms with Gasteiger partial charge in [0.25, 0.3) is 0 Å². The summed E-state index contributed by atoms with van der Waals surface area (Å²) in [6.45, 7) is 4.52. The van der Waals surface area contributed by atoms with Crippen molar-refractivity contribution in [1.82, 2.24) is 4.90 Å². The maximum Gasteiger partial charge on any atom is 0.309 e. The molecule has 4 heteroatoms. The Morgan fingerprint density at radius 2 is 1.81 bits per heavy atom. The number of hydrogen-bond donors (Lipinski definition) is 1. The van der Waals surface area contributed by atoms with Crippen LogP contribution in [0.2, 0.25) is 0 Å². The van der Waals surface area contributed by atoms with Crippen molar-refractivity contribution in [3.05, 3.63) is 64.2 Å². The molecule has 1 fully saturated rings. The Balaban J connectivity index is 1.61. The van der Waals surface area contributed by atoms with Crippen molar-refractivity contribution in [3.63, 3.8) is 0 Å². The molecule has 0 heterocycles. The molecule has 0 amide bonds. The zero-order chi connectivity index (χ0) is 22.2. The Hall–Kier alpha value is -2.77. The van der Waals surface area contributed by atoms with Gasteiger partial charge in [0.15, 0.2) is 0 Å². The molecule has 0 radical (unpaired) electrons. The highest BCUT2D eigenvalue weighted by molar-refractivity contribution is 5.72. The van der Waals surface area contributed by atoms with Gasteiger partial charge in [-0.1, -0.05) is 37.8 Å². The van der Waals surface area contributed by atoms with Crippen LogP contribution in [-0.4, -0.2) is 36.2 Å². The fourth-order valence-corrected chi connectivity index (χ4v) is 4.63. The number of benzene rings is 2. The van der Waals surface area contributed by atoms with Gasteiger partial charge >= 0.3 is 5.97 Å². The highest BCUT2D eigenvalue weighted by Crippen LogP contribution is 2.49. The number of ether oxygens (including phenoxy) is 1. The number of rotatable bonds is 4. The topological polar surface area (TPSA) is 49.8 Å². The fourth-order valence-electron chi connectivity index (χ4n) is 4.63. The van der Waals surface area contributed by atoms with Crippen molar-refractivity contribution >= 4 is 5.97 Å². The van der Waals surface area contributed by atoms with E-state index in [0.29, 0.717) is 11.8 Å². The van der Waals surface area contributed by atoms with E-state index in [4.69, 9.17) is 4.74 Å². The maximum absolute atomic E-state index is 11.4. The van der Waals surface area contributed by atoms with Gasteiger partial charge in [-0.3, -0.25) is 9.69 Å². The minimum atomic E-state index is -0.253. The first-order valence-electron chi connectivity index (χ1n) is 11.1. The average Bonchev–Trinajstić information content (AvgIpc) is 3.59. The summed E-state index contributed by atoms with van der Waals surface area (Å²) >= 11 is 0. The van der Waals surface area contributed by atoms with Gasteiger partial charge in [0.1, 0.15) is 5.75 Å². The van der Waals surface area contributed by atoms with E-state index in [1.807, 2.05) is 30.3 Å². The van der Waals surface area contributed by atoms with Crippen LogP contribution in [0.25, 0.3) is 0 Å². The molecule has 2 aliphatic rings. The van der Waals surface area contributed by atoms with Gasteiger partial charge in [0.2, 0.25) is 0 Å². The number of hydrogen-bond acceptors (Lipinski definition) is 4. The van der Waals surface area contributed by atoms with Gasteiger partial charge < -0.3 is 9.84 Å². The van der Waals surface area contributed by atoms with Crippen LogP contribution in [0.5, 0.6) is 5.75 Å². The highest BCUT2D eigenvalue weighted by atomic mass is 16.5. The third kappa shape index (κ3) is 4.62. The smallest absolute Gasteiger partial charge is 0.309 e. The lowest BCUT2D eigenvalue weighted by Gasteiger charge is -2.41. The Labute approximate surface area is 185 Å². The molecule has 2 aromatic carbocycles. The van der Waals surface area contributed by atoms with Gasteiger partial charge in [-0.05, 0) is 73.5 Å². The number of carbonyl (C=O) groups excluding carboxylic acids is 1. The second-order valence-corrected chi connectivity index (χ2v) is 9.49. The van der Waals surface area contributed by atoms with E-state index in [9.17, 15) is 9.90 Å². The highest BCUT2D eigenvalue weighted by Gasteiger charge is 2.40. The Morgan fingerprint density at radius 3 is 2.45 bits per heavy atom. The van der Waals surface area contributed by atoms with Crippen LogP contribution in [0.1, 0.15) is 73.4 Å². The van der Waals surface area contributed by atoms with Crippen molar-refractivity contribution in [3.8, 4) is 17.6 Å². The molecule has 2 aromatic rings. The Bertz CT molecular complexity index is 1040. The van der Waals surface area contributed by atoms with Gasteiger partial charge in [-0.2, -0.15) is 0 Å². The predicted octanol–water partition coefficient (Wildman–Crippen LogP) is 4.71. The summed E-state index contributed by atoms with van der Waals surface area (Å²) in [5.74, 6) is 6.52. The van der Waals surface area contributed by atoms with Crippen molar-refractivity contribution in [2.75, 3.05) is 14.2 Å². The number of esters is 1. The monoisotopic (exact) mass is 417 g/mol. The second kappa shape index (κ2) is 8.40. The summed E-state index contributed by atoms with van der Waals surface area (Å²) in [5, 5.41) is 11.0. The summed E-state index contributed by atoms with van der Waals surface area (Å²) in [4.78, 5) is 13.9. The molecule has 0 bridgehead atoms. The average molecular weight is 418 g/mol. The van der Waals surface area contributed by atoms with E-state index in [1.165, 1.54) is 25.5 Å². The molecule has 4 rings (SSSR count). The number of carbonyl (C=O) groups is 1. The normalized spacial score (nSPS) is 19.3. The standard InChI is InChI=1S/C27H31NO3/c1-27(2)14-13-23(28(3)21-11-12-21)26-22(27)15-20(16-24(26)29)10-7-18-5-8-19(9-6-18)17-25(30)31-4/h5-6,8-9,15-16,21,23,29H,11-14,17H2,1-4H3. The maximum atomic E-state index is 11.4. The van der Waals surface area contributed by atoms with Crippen LogP contribution in [-0.2, 0) is 21.4 Å². The first-order chi connectivity index (χ1) is 14.8. The van der Waals surface area contributed by atoms with Gasteiger partial charge in [0.05, 0.1) is 13.5 Å². The summed E-state index contributed by atoms with van der Waals surface area (Å²) in [5.41, 5.74) is 4.92. The summed E-state index contributed by atoms with van der Waals surface area (Å²) in [6.07, 6.45) is 4.95. The molecule has 1 atom stereocenters. The van der Waals surface area contributed by atoms with Gasteiger partial charge in [0, 0.05) is 28.8 Å².